The minimum atomic E-state index is -2.93. The summed E-state index contributed by atoms with van der Waals surface area (Å²) < 4.78 is 27.8. The maximum atomic E-state index is 12.2. The van der Waals surface area contributed by atoms with Crippen LogP contribution in [0.1, 0.15) is 23.2 Å². The molecule has 1 aliphatic heterocycles. The molecule has 0 spiro atoms. The Morgan fingerprint density at radius 2 is 2.00 bits per heavy atom. The van der Waals surface area contributed by atoms with Crippen LogP contribution in [0.2, 0.25) is 0 Å². The molecule has 1 aromatic rings. The summed E-state index contributed by atoms with van der Waals surface area (Å²) in [6.45, 7) is 0. The second-order valence-corrected chi connectivity index (χ2v) is 7.13. The predicted octanol–water partition coefficient (Wildman–Crippen LogP) is 0.584. The number of para-hydroxylation sites is 1. The lowest BCUT2D eigenvalue weighted by Crippen LogP contribution is -2.41. The molecule has 6 nitrogen and oxygen atoms in total. The average molecular weight is 298 g/mol. The van der Waals surface area contributed by atoms with Crippen LogP contribution in [-0.2, 0) is 9.84 Å². The Morgan fingerprint density at radius 3 is 2.60 bits per heavy atom. The molecule has 0 saturated carbocycles. The standard InChI is InChI=1S/C13H18N2O4S/c1-19-12-10(3-2-4-11(12)14)13(16)15-9-5-7-20(17,18)8-6-9/h2-4,9H,5-8,14H2,1H3,(H,15,16). The van der Waals surface area contributed by atoms with Gasteiger partial charge in [0.25, 0.3) is 5.91 Å². The molecule has 2 rings (SSSR count). The highest BCUT2D eigenvalue weighted by Gasteiger charge is 2.25. The zero-order chi connectivity index (χ0) is 14.8. The molecular formula is C13H18N2O4S. The molecule has 0 unspecified atom stereocenters. The van der Waals surface area contributed by atoms with Crippen molar-refractivity contribution >= 4 is 21.4 Å². The van der Waals surface area contributed by atoms with Crippen molar-refractivity contribution in [1.29, 1.82) is 0 Å². The molecule has 1 amide bonds. The topological polar surface area (TPSA) is 98.5 Å². The molecule has 7 heteroatoms. The summed E-state index contributed by atoms with van der Waals surface area (Å²) >= 11 is 0. The van der Waals surface area contributed by atoms with Gasteiger partial charge in [0.1, 0.15) is 9.84 Å². The summed E-state index contributed by atoms with van der Waals surface area (Å²) in [5, 5.41) is 2.84. The van der Waals surface area contributed by atoms with Crippen LogP contribution >= 0.6 is 0 Å². The van der Waals surface area contributed by atoms with E-state index in [0.29, 0.717) is 29.8 Å². The van der Waals surface area contributed by atoms with Gasteiger partial charge in [-0.1, -0.05) is 6.07 Å². The number of hydrogen-bond acceptors (Lipinski definition) is 5. The number of carbonyl (C=O) groups is 1. The maximum Gasteiger partial charge on any atom is 0.255 e. The summed E-state index contributed by atoms with van der Waals surface area (Å²) in [6, 6.07) is 4.84. The Kier molecular flexibility index (Phi) is 4.17. The van der Waals surface area contributed by atoms with Gasteiger partial charge in [-0.05, 0) is 25.0 Å². The number of anilines is 1. The number of ether oxygens (including phenoxy) is 1. The van der Waals surface area contributed by atoms with Crippen molar-refractivity contribution < 1.29 is 17.9 Å². The van der Waals surface area contributed by atoms with Crippen LogP contribution in [0.3, 0.4) is 0 Å². The van der Waals surface area contributed by atoms with Crippen molar-refractivity contribution in [2.45, 2.75) is 18.9 Å². The Balaban J connectivity index is 2.08. The van der Waals surface area contributed by atoms with Gasteiger partial charge in [0.15, 0.2) is 5.75 Å². The lowest BCUT2D eigenvalue weighted by molar-refractivity contribution is 0.0931. The van der Waals surface area contributed by atoms with E-state index >= 15 is 0 Å². The zero-order valence-corrected chi connectivity index (χ0v) is 12.1. The summed E-state index contributed by atoms with van der Waals surface area (Å²) in [5.41, 5.74) is 6.51. The number of nitrogens with two attached hydrogens (primary N) is 1. The van der Waals surface area contributed by atoms with E-state index in [2.05, 4.69) is 5.32 Å². The molecule has 0 aromatic heterocycles. The van der Waals surface area contributed by atoms with Crippen LogP contribution in [0.15, 0.2) is 18.2 Å². The van der Waals surface area contributed by atoms with E-state index in [1.165, 1.54) is 7.11 Å². The third-order valence-corrected chi connectivity index (χ3v) is 5.10. The molecular weight excluding hydrogens is 280 g/mol. The lowest BCUT2D eigenvalue weighted by Gasteiger charge is -2.23. The molecule has 3 N–H and O–H groups in total. The molecule has 20 heavy (non-hydrogen) atoms. The summed E-state index contributed by atoms with van der Waals surface area (Å²) in [4.78, 5) is 12.2. The number of nitrogen functional groups attached to an aromatic ring is 1. The maximum absolute atomic E-state index is 12.2. The number of benzene rings is 1. The molecule has 1 aromatic carbocycles. The van der Waals surface area contributed by atoms with Gasteiger partial charge < -0.3 is 15.8 Å². The first-order valence-corrected chi connectivity index (χ1v) is 8.19. The van der Waals surface area contributed by atoms with Crippen molar-refractivity contribution in [1.82, 2.24) is 5.32 Å². The molecule has 1 aliphatic rings. The smallest absolute Gasteiger partial charge is 0.255 e. The molecule has 1 fully saturated rings. The number of sulfone groups is 1. The fraction of sp³-hybridized carbons (Fsp3) is 0.462. The van der Waals surface area contributed by atoms with Crippen molar-refractivity contribution in [3.63, 3.8) is 0 Å². The third-order valence-electron chi connectivity index (χ3n) is 3.38. The van der Waals surface area contributed by atoms with Crippen molar-refractivity contribution in [3.05, 3.63) is 23.8 Å². The fourth-order valence-electron chi connectivity index (χ4n) is 2.26. The highest BCUT2D eigenvalue weighted by molar-refractivity contribution is 7.91. The highest BCUT2D eigenvalue weighted by atomic mass is 32.2. The van der Waals surface area contributed by atoms with E-state index in [9.17, 15) is 13.2 Å². The zero-order valence-electron chi connectivity index (χ0n) is 11.3. The summed E-state index contributed by atoms with van der Waals surface area (Å²) in [5.74, 6) is 0.282. The monoisotopic (exact) mass is 298 g/mol. The second kappa shape index (κ2) is 5.70. The fourth-order valence-corrected chi connectivity index (χ4v) is 3.75. The largest absolute Gasteiger partial charge is 0.494 e. The third kappa shape index (κ3) is 3.22. The van der Waals surface area contributed by atoms with E-state index in [1.807, 2.05) is 0 Å². The van der Waals surface area contributed by atoms with Crippen LogP contribution in [0, 0.1) is 0 Å². The van der Waals surface area contributed by atoms with Crippen LogP contribution < -0.4 is 15.8 Å². The van der Waals surface area contributed by atoms with Crippen LogP contribution in [0.5, 0.6) is 5.75 Å². The lowest BCUT2D eigenvalue weighted by atomic mass is 10.1. The number of amides is 1. The van der Waals surface area contributed by atoms with Crippen molar-refractivity contribution in [3.8, 4) is 5.75 Å². The molecule has 110 valence electrons. The van der Waals surface area contributed by atoms with Crippen LogP contribution in [0.25, 0.3) is 0 Å². The highest BCUT2D eigenvalue weighted by Crippen LogP contribution is 2.26. The first-order valence-electron chi connectivity index (χ1n) is 6.37. The molecule has 1 heterocycles. The van der Waals surface area contributed by atoms with Gasteiger partial charge in [-0.2, -0.15) is 0 Å². The van der Waals surface area contributed by atoms with E-state index in [1.54, 1.807) is 18.2 Å². The van der Waals surface area contributed by atoms with Gasteiger partial charge in [0.2, 0.25) is 0 Å². The number of nitrogens with one attached hydrogen (secondary N) is 1. The van der Waals surface area contributed by atoms with Crippen molar-refractivity contribution in [2.75, 3.05) is 24.3 Å². The molecule has 1 saturated heterocycles. The quantitative estimate of drug-likeness (QED) is 0.796. The molecule has 0 aliphatic carbocycles. The Bertz CT molecular complexity index is 599. The van der Waals surface area contributed by atoms with Crippen molar-refractivity contribution in [2.24, 2.45) is 0 Å². The Morgan fingerprint density at radius 1 is 1.35 bits per heavy atom. The van der Waals surface area contributed by atoms with E-state index in [4.69, 9.17) is 10.5 Å². The van der Waals surface area contributed by atoms with E-state index in [-0.39, 0.29) is 23.5 Å². The minimum Gasteiger partial charge on any atom is -0.494 e. The number of hydrogen-bond donors (Lipinski definition) is 2. The van der Waals surface area contributed by atoms with E-state index < -0.39 is 9.84 Å². The van der Waals surface area contributed by atoms with E-state index in [0.717, 1.165) is 0 Å². The van der Waals surface area contributed by atoms with Gasteiger partial charge in [-0.3, -0.25) is 4.79 Å². The normalized spacial score (nSPS) is 18.4. The van der Waals surface area contributed by atoms with Gasteiger partial charge in [0, 0.05) is 6.04 Å². The first-order chi connectivity index (χ1) is 9.43. The van der Waals surface area contributed by atoms with Gasteiger partial charge >= 0.3 is 0 Å². The van der Waals surface area contributed by atoms with Gasteiger partial charge in [-0.15, -0.1) is 0 Å². The molecule has 0 radical (unpaired) electrons. The minimum absolute atomic E-state index is 0.117. The Hall–Kier alpha value is -1.76. The molecule has 0 bridgehead atoms. The average Bonchev–Trinajstić information content (AvgIpc) is 2.41. The summed E-state index contributed by atoms with van der Waals surface area (Å²) in [6.07, 6.45) is 0.886. The van der Waals surface area contributed by atoms with Gasteiger partial charge in [-0.25, -0.2) is 8.42 Å². The number of carbonyl (C=O) groups excluding carboxylic acids is 1. The van der Waals surface area contributed by atoms with Crippen LogP contribution in [-0.4, -0.2) is 39.0 Å². The first kappa shape index (κ1) is 14.6. The Labute approximate surface area is 118 Å². The van der Waals surface area contributed by atoms with Crippen LogP contribution in [0.4, 0.5) is 5.69 Å². The number of methoxy groups -OCH3 is 1. The SMILES string of the molecule is COc1c(N)cccc1C(=O)NC1CCS(=O)(=O)CC1. The second-order valence-electron chi connectivity index (χ2n) is 4.83. The number of rotatable bonds is 3. The predicted molar refractivity (Wildman–Crippen MR) is 76.5 cm³/mol. The molecule has 0 atom stereocenters. The summed E-state index contributed by atoms with van der Waals surface area (Å²) in [7, 11) is -1.48. The van der Waals surface area contributed by atoms with Gasteiger partial charge in [0.05, 0.1) is 29.9 Å².